The Kier molecular flexibility index (Phi) is 4.63. The van der Waals surface area contributed by atoms with E-state index in [1.807, 2.05) is 55.5 Å². The van der Waals surface area contributed by atoms with Gasteiger partial charge in [-0.25, -0.2) is 4.98 Å². The van der Waals surface area contributed by atoms with Crippen molar-refractivity contribution in [3.63, 3.8) is 0 Å². The van der Waals surface area contributed by atoms with E-state index in [1.54, 1.807) is 11.3 Å². The minimum atomic E-state index is 0.634. The number of benzene rings is 2. The highest BCUT2D eigenvalue weighted by atomic mass is 79.9. The van der Waals surface area contributed by atoms with Gasteiger partial charge in [0, 0.05) is 4.47 Å². The molecule has 3 aromatic rings. The molecule has 0 atom stereocenters. The van der Waals surface area contributed by atoms with Gasteiger partial charge in [-0.05, 0) is 54.1 Å². The summed E-state index contributed by atoms with van der Waals surface area (Å²) in [5.41, 5.74) is 3.16. The van der Waals surface area contributed by atoms with Crippen LogP contribution in [0.2, 0.25) is 0 Å². The van der Waals surface area contributed by atoms with Gasteiger partial charge in [-0.2, -0.15) is 5.26 Å². The lowest BCUT2D eigenvalue weighted by molar-refractivity contribution is 1.31. The maximum absolute atomic E-state index is 9.37. The number of allylic oxidation sites excluding steroid dienone is 1. The Hall–Kier alpha value is -1.61. The Morgan fingerprint density at radius 2 is 2.14 bits per heavy atom. The average molecular weight is 387 g/mol. The average Bonchev–Trinajstić information content (AvgIpc) is 2.92. The van der Waals surface area contributed by atoms with E-state index in [0.29, 0.717) is 4.91 Å². The first-order valence-corrected chi connectivity index (χ1v) is 9.00. The SMILES string of the molecule is Cc1ccc(C=C(C#N)Sc2nc3ccccc3s2)cc1Br. The number of halogens is 1. The number of rotatable bonds is 3. The van der Waals surface area contributed by atoms with E-state index in [0.717, 1.165) is 24.6 Å². The zero-order valence-electron chi connectivity index (χ0n) is 11.7. The maximum atomic E-state index is 9.37. The van der Waals surface area contributed by atoms with Crippen molar-refractivity contribution >= 4 is 55.3 Å². The first kappa shape index (κ1) is 15.3. The number of thiazole rings is 1. The molecule has 0 amide bonds. The summed E-state index contributed by atoms with van der Waals surface area (Å²) >= 11 is 6.54. The number of nitrogens with zero attached hydrogens (tertiary/aromatic N) is 2. The van der Waals surface area contributed by atoms with Gasteiger partial charge in [0.2, 0.25) is 0 Å². The summed E-state index contributed by atoms with van der Waals surface area (Å²) in [5, 5.41) is 9.37. The molecule has 0 aliphatic heterocycles. The molecule has 1 heterocycles. The molecule has 0 radical (unpaired) electrons. The van der Waals surface area contributed by atoms with Crippen LogP contribution in [0, 0.1) is 18.3 Å². The number of hydrogen-bond acceptors (Lipinski definition) is 4. The molecule has 2 nitrogen and oxygen atoms in total. The highest BCUT2D eigenvalue weighted by molar-refractivity contribution is 9.10. The van der Waals surface area contributed by atoms with Crippen LogP contribution in [0.5, 0.6) is 0 Å². The molecule has 108 valence electrons. The molecule has 0 fully saturated rings. The molecule has 22 heavy (non-hydrogen) atoms. The van der Waals surface area contributed by atoms with Crippen molar-refractivity contribution in [1.29, 1.82) is 5.26 Å². The summed E-state index contributed by atoms with van der Waals surface area (Å²) in [5.74, 6) is 0. The second-order valence-electron chi connectivity index (χ2n) is 4.68. The van der Waals surface area contributed by atoms with Crippen LogP contribution in [0.4, 0.5) is 0 Å². The quantitative estimate of drug-likeness (QED) is 0.407. The highest BCUT2D eigenvalue weighted by Gasteiger charge is 2.07. The maximum Gasteiger partial charge on any atom is 0.156 e. The molecule has 0 bridgehead atoms. The van der Waals surface area contributed by atoms with E-state index in [-0.39, 0.29) is 0 Å². The van der Waals surface area contributed by atoms with E-state index in [9.17, 15) is 5.26 Å². The number of para-hydroxylation sites is 1. The van der Waals surface area contributed by atoms with Crippen LogP contribution in [-0.2, 0) is 0 Å². The Morgan fingerprint density at radius 1 is 1.32 bits per heavy atom. The van der Waals surface area contributed by atoms with Gasteiger partial charge in [0.05, 0.1) is 15.1 Å². The predicted molar refractivity (Wildman–Crippen MR) is 97.9 cm³/mol. The molecule has 0 aliphatic rings. The van der Waals surface area contributed by atoms with Crippen molar-refractivity contribution < 1.29 is 0 Å². The third-order valence-corrected chi connectivity index (χ3v) is 5.96. The fourth-order valence-corrected chi connectivity index (χ4v) is 4.30. The second kappa shape index (κ2) is 6.66. The molecule has 2 aromatic carbocycles. The number of aromatic nitrogens is 1. The molecule has 0 aliphatic carbocycles. The van der Waals surface area contributed by atoms with Crippen LogP contribution < -0.4 is 0 Å². The van der Waals surface area contributed by atoms with Crippen molar-refractivity contribution in [3.05, 3.63) is 63.0 Å². The molecule has 0 spiro atoms. The minimum absolute atomic E-state index is 0.634. The standard InChI is InChI=1S/C17H11BrN2S2/c1-11-6-7-12(9-14(11)18)8-13(10-19)21-17-20-15-4-2-3-5-16(15)22-17/h2-9H,1H3. The van der Waals surface area contributed by atoms with Gasteiger partial charge in [-0.15, -0.1) is 11.3 Å². The zero-order chi connectivity index (χ0) is 15.5. The molecule has 0 saturated carbocycles. The van der Waals surface area contributed by atoms with Gasteiger partial charge < -0.3 is 0 Å². The monoisotopic (exact) mass is 386 g/mol. The Labute approximate surface area is 145 Å². The van der Waals surface area contributed by atoms with E-state index >= 15 is 0 Å². The molecule has 0 saturated heterocycles. The first-order chi connectivity index (χ1) is 10.7. The molecular weight excluding hydrogens is 376 g/mol. The van der Waals surface area contributed by atoms with E-state index in [4.69, 9.17) is 0 Å². The lowest BCUT2D eigenvalue weighted by Crippen LogP contribution is -1.80. The summed E-state index contributed by atoms with van der Waals surface area (Å²) in [6.45, 7) is 2.04. The van der Waals surface area contributed by atoms with E-state index < -0.39 is 0 Å². The third-order valence-electron chi connectivity index (χ3n) is 3.08. The van der Waals surface area contributed by atoms with Gasteiger partial charge in [-0.3, -0.25) is 0 Å². The third kappa shape index (κ3) is 3.41. The summed E-state index contributed by atoms with van der Waals surface area (Å²) < 4.78 is 3.07. The van der Waals surface area contributed by atoms with E-state index in [1.165, 1.54) is 17.3 Å². The van der Waals surface area contributed by atoms with Crippen molar-refractivity contribution in [2.24, 2.45) is 0 Å². The largest absolute Gasteiger partial charge is 0.229 e. The number of thioether (sulfide) groups is 1. The molecule has 1 aromatic heterocycles. The summed E-state index contributed by atoms with van der Waals surface area (Å²) in [7, 11) is 0. The van der Waals surface area contributed by atoms with Crippen LogP contribution >= 0.6 is 39.0 Å². The molecule has 3 rings (SSSR count). The van der Waals surface area contributed by atoms with Gasteiger partial charge in [0.1, 0.15) is 6.07 Å². The van der Waals surface area contributed by atoms with Gasteiger partial charge in [-0.1, -0.05) is 40.2 Å². The summed E-state index contributed by atoms with van der Waals surface area (Å²) in [6.07, 6.45) is 1.89. The molecule has 5 heteroatoms. The Balaban J connectivity index is 1.89. The van der Waals surface area contributed by atoms with Gasteiger partial charge >= 0.3 is 0 Å². The molecule has 0 unspecified atom stereocenters. The number of hydrogen-bond donors (Lipinski definition) is 0. The van der Waals surface area contributed by atoms with Crippen molar-refractivity contribution in [2.45, 2.75) is 11.3 Å². The predicted octanol–water partition coefficient (Wildman–Crippen LogP) is 6.02. The van der Waals surface area contributed by atoms with Gasteiger partial charge in [0.15, 0.2) is 4.34 Å². The first-order valence-electron chi connectivity index (χ1n) is 6.57. The zero-order valence-corrected chi connectivity index (χ0v) is 14.9. The lowest BCUT2D eigenvalue weighted by atomic mass is 10.1. The van der Waals surface area contributed by atoms with Crippen LogP contribution in [0.25, 0.3) is 16.3 Å². The van der Waals surface area contributed by atoms with Crippen molar-refractivity contribution in [3.8, 4) is 6.07 Å². The van der Waals surface area contributed by atoms with Gasteiger partial charge in [0.25, 0.3) is 0 Å². The Morgan fingerprint density at radius 3 is 2.86 bits per heavy atom. The van der Waals surface area contributed by atoms with Crippen LogP contribution in [0.15, 0.2) is 56.2 Å². The minimum Gasteiger partial charge on any atom is -0.229 e. The topological polar surface area (TPSA) is 36.7 Å². The summed E-state index contributed by atoms with van der Waals surface area (Å²) in [6, 6.07) is 16.3. The summed E-state index contributed by atoms with van der Waals surface area (Å²) in [4.78, 5) is 5.19. The highest BCUT2D eigenvalue weighted by Crippen LogP contribution is 2.34. The number of fused-ring (bicyclic) bond motifs is 1. The molecule has 0 N–H and O–H groups in total. The fraction of sp³-hybridized carbons (Fsp3) is 0.0588. The fourth-order valence-electron chi connectivity index (χ4n) is 1.92. The smallest absolute Gasteiger partial charge is 0.156 e. The number of nitriles is 1. The van der Waals surface area contributed by atoms with Crippen LogP contribution in [0.1, 0.15) is 11.1 Å². The lowest BCUT2D eigenvalue weighted by Gasteiger charge is -2.00. The van der Waals surface area contributed by atoms with Crippen LogP contribution in [0.3, 0.4) is 0 Å². The molecular formula is C17H11BrN2S2. The van der Waals surface area contributed by atoms with Crippen molar-refractivity contribution in [1.82, 2.24) is 4.98 Å². The second-order valence-corrected chi connectivity index (χ2v) is 7.85. The normalized spacial score (nSPS) is 11.6. The Bertz CT molecular complexity index is 873. The van der Waals surface area contributed by atoms with Crippen molar-refractivity contribution in [2.75, 3.05) is 0 Å². The van der Waals surface area contributed by atoms with E-state index in [2.05, 4.69) is 27.0 Å². The van der Waals surface area contributed by atoms with Crippen LogP contribution in [-0.4, -0.2) is 4.98 Å². The number of aryl methyl sites for hydroxylation is 1.